The lowest BCUT2D eigenvalue weighted by Gasteiger charge is -1.97. The van der Waals surface area contributed by atoms with Crippen LogP contribution in [0.2, 0.25) is 5.15 Å². The monoisotopic (exact) mass is 253 g/mol. The minimum atomic E-state index is 0.355. The molecule has 0 bridgehead atoms. The molecule has 0 spiro atoms. The van der Waals surface area contributed by atoms with Crippen LogP contribution in [0.15, 0.2) is 29.9 Å². The van der Waals surface area contributed by atoms with Gasteiger partial charge in [0.2, 0.25) is 0 Å². The maximum absolute atomic E-state index is 5.68. The minimum absolute atomic E-state index is 0.355. The first-order chi connectivity index (χ1) is 8.24. The summed E-state index contributed by atoms with van der Waals surface area (Å²) in [6.07, 6.45) is 2.98. The Morgan fingerprint density at radius 1 is 1.59 bits per heavy atom. The quantitative estimate of drug-likeness (QED) is 0.435. The van der Waals surface area contributed by atoms with Crippen LogP contribution in [0.1, 0.15) is 0 Å². The summed E-state index contributed by atoms with van der Waals surface area (Å²) in [7, 11) is 0. The third-order valence-electron chi connectivity index (χ3n) is 1.78. The van der Waals surface area contributed by atoms with Gasteiger partial charge < -0.3 is 5.73 Å². The highest BCUT2D eigenvalue weighted by Crippen LogP contribution is 2.02. The molecule has 17 heavy (non-hydrogen) atoms. The fourth-order valence-electron chi connectivity index (χ4n) is 1.05. The molecule has 0 amide bonds. The number of nitrogens with one attached hydrogen (secondary N) is 2. The molecule has 0 aliphatic carbocycles. The van der Waals surface area contributed by atoms with Crippen molar-refractivity contribution < 1.29 is 5.10 Å². The second kappa shape index (κ2) is 5.21. The summed E-state index contributed by atoms with van der Waals surface area (Å²) in [4.78, 5) is 3.79. The molecule has 0 aliphatic rings. The number of nitrogens with zero attached hydrogens (tertiary/aromatic N) is 5. The molecule has 8 nitrogen and oxygen atoms in total. The van der Waals surface area contributed by atoms with E-state index in [0.717, 1.165) is 0 Å². The lowest BCUT2D eigenvalue weighted by atomic mass is 10.5. The summed E-state index contributed by atoms with van der Waals surface area (Å²) in [6, 6.07) is 3.32. The third kappa shape index (κ3) is 3.38. The Bertz CT molecular complexity index is 491. The number of aromatic nitrogens is 5. The van der Waals surface area contributed by atoms with Crippen molar-refractivity contribution in [3.8, 4) is 0 Å². The van der Waals surface area contributed by atoms with Crippen LogP contribution >= 0.6 is 11.6 Å². The second-order valence-corrected chi connectivity index (χ2v) is 3.49. The number of hydrazone groups is 1. The molecule has 88 valence electrons. The van der Waals surface area contributed by atoms with Crippen LogP contribution in [-0.2, 0) is 6.54 Å². The van der Waals surface area contributed by atoms with Gasteiger partial charge in [-0.05, 0) is 6.07 Å². The molecule has 0 saturated heterocycles. The van der Waals surface area contributed by atoms with Gasteiger partial charge in [0.25, 0.3) is 0 Å². The van der Waals surface area contributed by atoms with Gasteiger partial charge in [0.1, 0.15) is 19.2 Å². The van der Waals surface area contributed by atoms with Crippen LogP contribution in [0, 0.1) is 0 Å². The summed E-state index contributed by atoms with van der Waals surface area (Å²) in [5.41, 5.74) is 8.39. The molecule has 2 rings (SSSR count). The van der Waals surface area contributed by atoms with E-state index >= 15 is 0 Å². The highest BCUT2D eigenvalue weighted by Gasteiger charge is 2.02. The first-order valence-corrected chi connectivity index (χ1v) is 5.06. The predicted molar refractivity (Wildman–Crippen MR) is 61.1 cm³/mol. The number of hydrogen-bond acceptors (Lipinski definition) is 5. The van der Waals surface area contributed by atoms with Crippen LogP contribution < -0.4 is 16.3 Å². The summed E-state index contributed by atoms with van der Waals surface area (Å²) in [6.45, 7) is 0.355. The van der Waals surface area contributed by atoms with Gasteiger partial charge >= 0.3 is 5.82 Å². The number of hydrogen-bond donors (Lipinski definition) is 2. The molecular weight excluding hydrogens is 244 g/mol. The van der Waals surface area contributed by atoms with E-state index in [0.29, 0.717) is 23.4 Å². The predicted octanol–water partition coefficient (Wildman–Crippen LogP) is -0.475. The van der Waals surface area contributed by atoms with Crippen LogP contribution in [0.25, 0.3) is 0 Å². The topological polar surface area (TPSA) is 108 Å². The van der Waals surface area contributed by atoms with Crippen molar-refractivity contribution in [2.45, 2.75) is 6.54 Å². The third-order valence-corrected chi connectivity index (χ3v) is 1.99. The molecule has 2 aromatic heterocycles. The second-order valence-electron chi connectivity index (χ2n) is 3.10. The lowest BCUT2D eigenvalue weighted by molar-refractivity contribution is -0.439. The van der Waals surface area contributed by atoms with Crippen molar-refractivity contribution in [2.75, 3.05) is 5.43 Å². The SMILES string of the molecule is NC(Cn1cncn1)=NNc1ccc(Cl)n[nH+]1. The molecular formula is C8H10ClN8+. The first-order valence-electron chi connectivity index (χ1n) is 4.69. The van der Waals surface area contributed by atoms with Gasteiger partial charge in [0, 0.05) is 6.07 Å². The Balaban J connectivity index is 1.93. The van der Waals surface area contributed by atoms with Crippen LogP contribution in [-0.4, -0.2) is 25.7 Å². The maximum Gasteiger partial charge on any atom is 0.318 e. The normalized spacial score (nSPS) is 11.5. The van der Waals surface area contributed by atoms with E-state index in [9.17, 15) is 0 Å². The van der Waals surface area contributed by atoms with E-state index in [2.05, 4.69) is 30.8 Å². The van der Waals surface area contributed by atoms with Crippen molar-refractivity contribution in [2.24, 2.45) is 10.8 Å². The zero-order valence-corrected chi connectivity index (χ0v) is 9.46. The molecule has 2 heterocycles. The molecule has 9 heteroatoms. The highest BCUT2D eigenvalue weighted by molar-refractivity contribution is 6.29. The van der Waals surface area contributed by atoms with Crippen molar-refractivity contribution in [1.29, 1.82) is 0 Å². The molecule has 0 aliphatic heterocycles. The largest absolute Gasteiger partial charge is 0.382 e. The van der Waals surface area contributed by atoms with E-state index in [1.807, 2.05) is 0 Å². The summed E-state index contributed by atoms with van der Waals surface area (Å²) in [5, 5.41) is 14.6. The summed E-state index contributed by atoms with van der Waals surface area (Å²) in [5.74, 6) is 0.940. The van der Waals surface area contributed by atoms with Crippen molar-refractivity contribution in [3.63, 3.8) is 0 Å². The zero-order valence-electron chi connectivity index (χ0n) is 8.71. The maximum atomic E-state index is 5.68. The van der Waals surface area contributed by atoms with Crippen molar-refractivity contribution >= 4 is 23.3 Å². The smallest absolute Gasteiger partial charge is 0.318 e. The van der Waals surface area contributed by atoms with E-state index in [4.69, 9.17) is 17.3 Å². The summed E-state index contributed by atoms with van der Waals surface area (Å²) >= 11 is 5.62. The van der Waals surface area contributed by atoms with Gasteiger partial charge in [-0.2, -0.15) is 5.10 Å². The molecule has 0 radical (unpaired) electrons. The number of amidine groups is 1. The molecule has 0 atom stereocenters. The van der Waals surface area contributed by atoms with E-state index in [1.165, 1.54) is 6.33 Å². The molecule has 0 saturated carbocycles. The Morgan fingerprint density at radius 3 is 3.12 bits per heavy atom. The number of halogens is 1. The fraction of sp³-hybridized carbons (Fsp3) is 0.125. The number of H-pyrrole nitrogens is 1. The number of anilines is 1. The zero-order chi connectivity index (χ0) is 12.1. The van der Waals surface area contributed by atoms with E-state index < -0.39 is 0 Å². The molecule has 0 unspecified atom stereocenters. The lowest BCUT2D eigenvalue weighted by Crippen LogP contribution is -2.22. The van der Waals surface area contributed by atoms with Gasteiger partial charge in [-0.3, -0.25) is 0 Å². The van der Waals surface area contributed by atoms with Crippen LogP contribution in [0.3, 0.4) is 0 Å². The molecule has 0 aromatic carbocycles. The van der Waals surface area contributed by atoms with Crippen molar-refractivity contribution in [3.05, 3.63) is 29.9 Å². The molecule has 4 N–H and O–H groups in total. The fourth-order valence-corrected chi connectivity index (χ4v) is 1.16. The van der Waals surface area contributed by atoms with Crippen molar-refractivity contribution in [1.82, 2.24) is 19.9 Å². The Hall–Kier alpha value is -2.22. The van der Waals surface area contributed by atoms with Crippen LogP contribution in [0.4, 0.5) is 5.82 Å². The van der Waals surface area contributed by atoms with Gasteiger partial charge in [-0.1, -0.05) is 21.8 Å². The minimum Gasteiger partial charge on any atom is -0.382 e. The average Bonchev–Trinajstić information content (AvgIpc) is 2.81. The molecule has 0 fully saturated rings. The Kier molecular flexibility index (Phi) is 3.46. The van der Waals surface area contributed by atoms with Gasteiger partial charge in [-0.15, -0.1) is 10.5 Å². The van der Waals surface area contributed by atoms with Gasteiger partial charge in [-0.25, -0.2) is 9.67 Å². The van der Waals surface area contributed by atoms with E-state index in [1.54, 1.807) is 23.1 Å². The Labute approximate surface area is 102 Å². The number of rotatable bonds is 4. The van der Waals surface area contributed by atoms with E-state index in [-0.39, 0.29) is 0 Å². The number of aromatic amines is 1. The summed E-state index contributed by atoms with van der Waals surface area (Å²) < 4.78 is 1.56. The Morgan fingerprint density at radius 2 is 2.47 bits per heavy atom. The highest BCUT2D eigenvalue weighted by atomic mass is 35.5. The average molecular weight is 254 g/mol. The van der Waals surface area contributed by atoms with Gasteiger partial charge in [0.05, 0.1) is 0 Å². The number of nitrogens with two attached hydrogens (primary N) is 1. The standard InChI is InChI=1S/C8H9ClN8/c9-6-1-2-8(15-13-6)16-14-7(10)3-17-5-11-4-12-17/h1-2,4-5H,3H2,(H2,10,14)(H,15,16)/p+1. The van der Waals surface area contributed by atoms with Crippen LogP contribution in [0.5, 0.6) is 0 Å². The first kappa shape index (κ1) is 11.3. The molecule has 2 aromatic rings. The van der Waals surface area contributed by atoms with Gasteiger partial charge in [0.15, 0.2) is 11.0 Å².